The lowest BCUT2D eigenvalue weighted by atomic mass is 9.88. The van der Waals surface area contributed by atoms with Crippen molar-refractivity contribution in [2.24, 2.45) is 0 Å². The van der Waals surface area contributed by atoms with Crippen molar-refractivity contribution in [3.8, 4) is 0 Å². The molecule has 1 saturated heterocycles. The van der Waals surface area contributed by atoms with Crippen LogP contribution < -0.4 is 10.6 Å². The number of amides is 2. The van der Waals surface area contributed by atoms with Crippen molar-refractivity contribution < 1.29 is 19.1 Å². The number of hydrogen-bond donors (Lipinski definition) is 3. The van der Waals surface area contributed by atoms with E-state index in [2.05, 4.69) is 10.6 Å². The smallest absolute Gasteiger partial charge is 0.234 e. The Morgan fingerprint density at radius 1 is 1.36 bits per heavy atom. The lowest BCUT2D eigenvalue weighted by Gasteiger charge is -2.38. The van der Waals surface area contributed by atoms with E-state index in [1.54, 1.807) is 19.2 Å². The fourth-order valence-corrected chi connectivity index (χ4v) is 3.12. The summed E-state index contributed by atoms with van der Waals surface area (Å²) in [5.41, 5.74) is -0.234. The molecule has 0 aliphatic carbocycles. The van der Waals surface area contributed by atoms with Gasteiger partial charge in [0.15, 0.2) is 0 Å². The van der Waals surface area contributed by atoms with Crippen LogP contribution in [0, 0.1) is 5.82 Å². The zero-order valence-electron chi connectivity index (χ0n) is 14.6. The number of hydrogen-bond acceptors (Lipinski definition) is 4. The number of aliphatic hydroxyl groups is 1. The van der Waals surface area contributed by atoms with Gasteiger partial charge in [0.05, 0.1) is 12.1 Å². The molecular weight excluding hydrogens is 325 g/mol. The number of likely N-dealkylation sites (tertiary alicyclic amines) is 1. The van der Waals surface area contributed by atoms with E-state index in [1.165, 1.54) is 12.1 Å². The van der Waals surface area contributed by atoms with Gasteiger partial charge in [-0.15, -0.1) is 0 Å². The Morgan fingerprint density at radius 3 is 2.88 bits per heavy atom. The molecule has 0 saturated carbocycles. The topological polar surface area (TPSA) is 81.7 Å². The van der Waals surface area contributed by atoms with Crippen molar-refractivity contribution >= 4 is 11.8 Å². The van der Waals surface area contributed by atoms with Crippen LogP contribution in [-0.2, 0) is 16.1 Å². The van der Waals surface area contributed by atoms with E-state index in [0.717, 1.165) is 13.0 Å². The van der Waals surface area contributed by atoms with Crippen molar-refractivity contribution in [2.45, 2.75) is 37.8 Å². The first-order chi connectivity index (χ1) is 11.9. The number of rotatable bonds is 7. The average molecular weight is 351 g/mol. The molecule has 2 amide bonds. The molecular formula is C18H26FN3O3. The highest BCUT2D eigenvalue weighted by Gasteiger charge is 2.33. The van der Waals surface area contributed by atoms with Gasteiger partial charge in [-0.25, -0.2) is 4.39 Å². The van der Waals surface area contributed by atoms with Crippen LogP contribution in [0.2, 0.25) is 0 Å². The van der Waals surface area contributed by atoms with Crippen LogP contribution in [0.1, 0.15) is 31.2 Å². The number of benzene rings is 1. The molecule has 1 aliphatic heterocycles. The van der Waals surface area contributed by atoms with Gasteiger partial charge >= 0.3 is 0 Å². The maximum Gasteiger partial charge on any atom is 0.234 e. The lowest BCUT2D eigenvalue weighted by Crippen LogP contribution is -2.51. The van der Waals surface area contributed by atoms with Crippen LogP contribution in [-0.4, -0.2) is 54.1 Å². The highest BCUT2D eigenvalue weighted by atomic mass is 19.1. The third kappa shape index (κ3) is 6.43. The fourth-order valence-electron chi connectivity index (χ4n) is 3.12. The normalized spacial score (nSPS) is 20.9. The number of carbonyl (C=O) groups is 2. The number of piperidine rings is 1. The molecule has 1 aliphatic rings. The third-order valence-corrected chi connectivity index (χ3v) is 4.48. The van der Waals surface area contributed by atoms with Crippen LogP contribution in [0.4, 0.5) is 4.39 Å². The molecule has 0 bridgehead atoms. The molecule has 0 radical (unpaired) electrons. The van der Waals surface area contributed by atoms with Gasteiger partial charge in [0, 0.05) is 26.6 Å². The molecule has 6 nitrogen and oxygen atoms in total. The summed E-state index contributed by atoms with van der Waals surface area (Å²) in [5.74, 6) is -0.595. The van der Waals surface area contributed by atoms with Crippen LogP contribution >= 0.6 is 0 Å². The van der Waals surface area contributed by atoms with E-state index in [1.807, 2.05) is 4.90 Å². The monoisotopic (exact) mass is 351 g/mol. The molecule has 2 rings (SSSR count). The van der Waals surface area contributed by atoms with E-state index in [4.69, 9.17) is 0 Å². The molecule has 1 atom stereocenters. The van der Waals surface area contributed by atoms with E-state index in [0.29, 0.717) is 24.9 Å². The van der Waals surface area contributed by atoms with Gasteiger partial charge in [-0.05, 0) is 43.5 Å². The molecule has 1 aromatic carbocycles. The fraction of sp³-hybridized carbons (Fsp3) is 0.556. The molecule has 25 heavy (non-hydrogen) atoms. The van der Waals surface area contributed by atoms with Gasteiger partial charge < -0.3 is 15.7 Å². The number of carbonyl (C=O) groups excluding carboxylic acids is 2. The minimum atomic E-state index is -0.937. The van der Waals surface area contributed by atoms with Crippen molar-refractivity contribution in [3.05, 3.63) is 35.6 Å². The van der Waals surface area contributed by atoms with Gasteiger partial charge in [0.1, 0.15) is 5.82 Å². The summed E-state index contributed by atoms with van der Waals surface area (Å²) in [6.45, 7) is 1.55. The molecule has 0 unspecified atom stereocenters. The lowest BCUT2D eigenvalue weighted by molar-refractivity contribution is -0.126. The quantitative estimate of drug-likeness (QED) is 0.679. The van der Waals surface area contributed by atoms with E-state index >= 15 is 0 Å². The standard InChI is InChI=1S/C18H26FN3O3/c1-20-16(23)6-8-18(25)7-3-9-22(13-18)12-17(24)21-11-14-4-2-5-15(19)10-14/h2,4-5,10,25H,3,6-9,11-13H2,1H3,(H,20,23)(H,21,24)/t18-/m1/s1. The summed E-state index contributed by atoms with van der Waals surface area (Å²) < 4.78 is 13.1. The molecule has 1 heterocycles. The number of nitrogens with one attached hydrogen (secondary N) is 2. The Kier molecular flexibility index (Phi) is 6.90. The molecule has 7 heteroatoms. The van der Waals surface area contributed by atoms with E-state index in [-0.39, 0.29) is 37.1 Å². The second-order valence-electron chi connectivity index (χ2n) is 6.62. The Balaban J connectivity index is 1.78. The first-order valence-electron chi connectivity index (χ1n) is 8.57. The Morgan fingerprint density at radius 2 is 2.16 bits per heavy atom. The molecule has 3 N–H and O–H groups in total. The number of nitrogens with zero attached hydrogens (tertiary/aromatic N) is 1. The minimum Gasteiger partial charge on any atom is -0.389 e. The molecule has 138 valence electrons. The molecule has 1 fully saturated rings. The van der Waals surface area contributed by atoms with E-state index in [9.17, 15) is 19.1 Å². The summed E-state index contributed by atoms with van der Waals surface area (Å²) >= 11 is 0. The number of halogens is 1. The van der Waals surface area contributed by atoms with Crippen molar-refractivity contribution in [3.63, 3.8) is 0 Å². The third-order valence-electron chi connectivity index (χ3n) is 4.48. The van der Waals surface area contributed by atoms with Crippen LogP contribution in [0.3, 0.4) is 0 Å². The van der Waals surface area contributed by atoms with Crippen molar-refractivity contribution in [1.82, 2.24) is 15.5 Å². The summed E-state index contributed by atoms with van der Waals surface area (Å²) in [5, 5.41) is 16.0. The minimum absolute atomic E-state index is 0.0987. The predicted octanol–water partition coefficient (Wildman–Crippen LogP) is 0.795. The molecule has 0 spiro atoms. The zero-order chi connectivity index (χ0) is 18.3. The highest BCUT2D eigenvalue weighted by Crippen LogP contribution is 2.25. The summed E-state index contributed by atoms with van der Waals surface area (Å²) in [6.07, 6.45) is 2.06. The van der Waals surface area contributed by atoms with Crippen molar-refractivity contribution in [1.29, 1.82) is 0 Å². The molecule has 0 aromatic heterocycles. The van der Waals surface area contributed by atoms with E-state index < -0.39 is 5.60 Å². The average Bonchev–Trinajstić information content (AvgIpc) is 2.58. The van der Waals surface area contributed by atoms with Gasteiger partial charge in [0.25, 0.3) is 0 Å². The van der Waals surface area contributed by atoms with Gasteiger partial charge in [0.2, 0.25) is 11.8 Å². The summed E-state index contributed by atoms with van der Waals surface area (Å²) in [4.78, 5) is 25.4. The van der Waals surface area contributed by atoms with Gasteiger partial charge in [-0.1, -0.05) is 12.1 Å². The first kappa shape index (κ1) is 19.3. The zero-order valence-corrected chi connectivity index (χ0v) is 14.6. The Hall–Kier alpha value is -1.99. The maximum absolute atomic E-state index is 13.1. The number of β-amino-alcohol motifs (C(OH)–C–C–N with tert-alkyl or cyclic N) is 1. The summed E-state index contributed by atoms with van der Waals surface area (Å²) in [6, 6.07) is 6.10. The Bertz CT molecular complexity index is 611. The van der Waals surface area contributed by atoms with Gasteiger partial charge in [-0.2, -0.15) is 0 Å². The summed E-state index contributed by atoms with van der Waals surface area (Å²) in [7, 11) is 1.57. The van der Waals surface area contributed by atoms with Gasteiger partial charge in [-0.3, -0.25) is 14.5 Å². The first-order valence-corrected chi connectivity index (χ1v) is 8.57. The predicted molar refractivity (Wildman–Crippen MR) is 92.2 cm³/mol. The SMILES string of the molecule is CNC(=O)CC[C@]1(O)CCCN(CC(=O)NCc2cccc(F)c2)C1. The van der Waals surface area contributed by atoms with Crippen LogP contribution in [0.15, 0.2) is 24.3 Å². The van der Waals surface area contributed by atoms with Crippen molar-refractivity contribution in [2.75, 3.05) is 26.7 Å². The second-order valence-corrected chi connectivity index (χ2v) is 6.62. The Labute approximate surface area is 147 Å². The largest absolute Gasteiger partial charge is 0.389 e. The van der Waals surface area contributed by atoms with Crippen LogP contribution in [0.5, 0.6) is 0 Å². The second kappa shape index (κ2) is 8.92. The molecule has 1 aromatic rings. The highest BCUT2D eigenvalue weighted by molar-refractivity contribution is 5.78. The maximum atomic E-state index is 13.1. The van der Waals surface area contributed by atoms with Crippen LogP contribution in [0.25, 0.3) is 0 Å².